The zero-order valence-corrected chi connectivity index (χ0v) is 15.3. The van der Waals surface area contributed by atoms with Gasteiger partial charge in [-0.3, -0.25) is 20.2 Å². The van der Waals surface area contributed by atoms with Crippen LogP contribution in [0.4, 0.5) is 21.5 Å². The molecule has 3 rings (SSSR count). The van der Waals surface area contributed by atoms with Gasteiger partial charge in [0.1, 0.15) is 5.82 Å². The predicted octanol–water partition coefficient (Wildman–Crippen LogP) is 4.96. The van der Waals surface area contributed by atoms with Crippen LogP contribution in [0.1, 0.15) is 26.7 Å². The lowest BCUT2D eigenvalue weighted by Gasteiger charge is -2.38. The fraction of sp³-hybridized carbons (Fsp3) is 0.368. The molecule has 2 aromatic carbocycles. The van der Waals surface area contributed by atoms with Gasteiger partial charge in [0.05, 0.1) is 15.9 Å². The maximum atomic E-state index is 12.2. The molecule has 1 aliphatic rings. The fourth-order valence-corrected chi connectivity index (χ4v) is 2.76. The number of piperidine rings is 1. The first-order valence-electron chi connectivity index (χ1n) is 8.57. The lowest BCUT2D eigenvalue weighted by molar-refractivity contribution is -0.385. The molecule has 0 saturated carbocycles. The second-order valence-electron chi connectivity index (χ2n) is 7.17. The third kappa shape index (κ3) is 6.02. The van der Waals surface area contributed by atoms with E-state index in [0.717, 1.165) is 43.8 Å². The highest BCUT2D eigenvalue weighted by Gasteiger charge is 2.25. The topological polar surface area (TPSA) is 89.5 Å². The van der Waals surface area contributed by atoms with Crippen molar-refractivity contribution in [2.45, 2.75) is 26.7 Å². The van der Waals surface area contributed by atoms with Crippen LogP contribution in [-0.2, 0) is 0 Å². The molecule has 0 aromatic heterocycles. The average molecular weight is 375 g/mol. The highest BCUT2D eigenvalue weighted by molar-refractivity contribution is 5.53. The van der Waals surface area contributed by atoms with Crippen LogP contribution in [0, 0.1) is 31.5 Å². The Balaban J connectivity index is 0.000000223. The van der Waals surface area contributed by atoms with Crippen molar-refractivity contribution in [2.75, 3.05) is 18.0 Å². The van der Waals surface area contributed by atoms with Crippen molar-refractivity contribution in [2.24, 2.45) is 5.41 Å². The zero-order chi connectivity index (χ0) is 20.0. The Labute approximate surface area is 156 Å². The van der Waals surface area contributed by atoms with E-state index in [1.807, 2.05) is 6.07 Å². The number of hydrogen-bond acceptors (Lipinski definition) is 5. The van der Waals surface area contributed by atoms with Gasteiger partial charge in [0.2, 0.25) is 0 Å². The Morgan fingerprint density at radius 3 is 1.93 bits per heavy atom. The normalized spacial score (nSPS) is 15.4. The summed E-state index contributed by atoms with van der Waals surface area (Å²) in [5.74, 6) is -0.589. The van der Waals surface area contributed by atoms with Crippen LogP contribution in [0.3, 0.4) is 0 Å². The third-order valence-corrected chi connectivity index (χ3v) is 4.54. The molecular formula is C19H22FN3O4. The quantitative estimate of drug-likeness (QED) is 0.559. The largest absolute Gasteiger partial charge is 0.371 e. The van der Waals surface area contributed by atoms with Crippen molar-refractivity contribution in [1.29, 1.82) is 0 Å². The molecule has 0 radical (unpaired) electrons. The molecule has 7 nitrogen and oxygen atoms in total. The molecule has 1 saturated heterocycles. The molecule has 0 unspecified atom stereocenters. The number of nitro groups is 2. The van der Waals surface area contributed by atoms with Crippen LogP contribution in [0.25, 0.3) is 0 Å². The number of benzene rings is 2. The van der Waals surface area contributed by atoms with E-state index in [9.17, 15) is 24.6 Å². The lowest BCUT2D eigenvalue weighted by atomic mass is 9.82. The van der Waals surface area contributed by atoms with E-state index in [1.54, 1.807) is 12.1 Å². The minimum atomic E-state index is -0.636. The molecule has 27 heavy (non-hydrogen) atoms. The van der Waals surface area contributed by atoms with Gasteiger partial charge in [-0.1, -0.05) is 26.0 Å². The minimum absolute atomic E-state index is 0.173. The summed E-state index contributed by atoms with van der Waals surface area (Å²) in [6, 6.07) is 11.5. The van der Waals surface area contributed by atoms with Gasteiger partial charge in [-0.05, 0) is 30.4 Å². The SMILES string of the molecule is CC1(C)CCN(c2cccc([N+](=O)[O-])c2)CC1.O=[N+]([O-])c1cccc(F)c1. The smallest absolute Gasteiger partial charge is 0.272 e. The molecule has 1 heterocycles. The summed E-state index contributed by atoms with van der Waals surface area (Å²) in [7, 11) is 0. The van der Waals surface area contributed by atoms with Crippen molar-refractivity contribution in [1.82, 2.24) is 0 Å². The van der Waals surface area contributed by atoms with Gasteiger partial charge < -0.3 is 4.90 Å². The zero-order valence-electron chi connectivity index (χ0n) is 15.3. The Bertz CT molecular complexity index is 816. The Kier molecular flexibility index (Phi) is 6.44. The van der Waals surface area contributed by atoms with Crippen molar-refractivity contribution >= 4 is 17.1 Å². The standard InChI is InChI=1S/C13H18N2O2.C6H4FNO2/c1-13(2)6-8-14(9-7-13)11-4-3-5-12(10-11)15(16)17;7-5-2-1-3-6(4-5)8(9)10/h3-5,10H,6-9H2,1-2H3;1-4H. The Morgan fingerprint density at radius 2 is 1.44 bits per heavy atom. The van der Waals surface area contributed by atoms with Crippen molar-refractivity contribution < 1.29 is 14.2 Å². The van der Waals surface area contributed by atoms with Crippen molar-refractivity contribution in [3.05, 3.63) is 74.6 Å². The number of hydrogen-bond donors (Lipinski definition) is 0. The predicted molar refractivity (Wildman–Crippen MR) is 101 cm³/mol. The first kappa shape index (κ1) is 20.3. The summed E-state index contributed by atoms with van der Waals surface area (Å²) in [6.45, 7) is 6.51. The van der Waals surface area contributed by atoms with Crippen molar-refractivity contribution in [3.63, 3.8) is 0 Å². The van der Waals surface area contributed by atoms with Crippen LogP contribution >= 0.6 is 0 Å². The van der Waals surface area contributed by atoms with Gasteiger partial charge in [-0.25, -0.2) is 4.39 Å². The first-order chi connectivity index (χ1) is 12.7. The summed E-state index contributed by atoms with van der Waals surface area (Å²) < 4.78 is 12.2. The average Bonchev–Trinajstić information content (AvgIpc) is 2.62. The van der Waals surface area contributed by atoms with Gasteiger partial charge in [0, 0.05) is 37.0 Å². The van der Waals surface area contributed by atoms with Crippen LogP contribution in [0.15, 0.2) is 48.5 Å². The van der Waals surface area contributed by atoms with Crippen LogP contribution in [0.2, 0.25) is 0 Å². The number of non-ortho nitro benzene ring substituents is 2. The summed E-state index contributed by atoms with van der Waals surface area (Å²) in [5, 5.41) is 20.7. The lowest BCUT2D eigenvalue weighted by Crippen LogP contribution is -2.37. The molecule has 0 amide bonds. The van der Waals surface area contributed by atoms with E-state index in [0.29, 0.717) is 5.41 Å². The van der Waals surface area contributed by atoms with E-state index in [-0.39, 0.29) is 16.3 Å². The number of nitrogens with zero attached hydrogens (tertiary/aromatic N) is 3. The summed E-state index contributed by atoms with van der Waals surface area (Å²) in [6.07, 6.45) is 2.27. The van der Waals surface area contributed by atoms with E-state index < -0.39 is 10.7 Å². The van der Waals surface area contributed by atoms with Crippen LogP contribution in [-0.4, -0.2) is 22.9 Å². The van der Waals surface area contributed by atoms with E-state index >= 15 is 0 Å². The molecule has 0 bridgehead atoms. The molecule has 2 aromatic rings. The number of anilines is 1. The molecular weight excluding hydrogens is 353 g/mol. The number of nitro benzene ring substituents is 2. The Hall–Kier alpha value is -3.03. The van der Waals surface area contributed by atoms with Gasteiger partial charge in [0.15, 0.2) is 0 Å². The fourth-order valence-electron chi connectivity index (χ4n) is 2.76. The van der Waals surface area contributed by atoms with E-state index in [1.165, 1.54) is 18.2 Å². The van der Waals surface area contributed by atoms with Crippen LogP contribution < -0.4 is 4.90 Å². The van der Waals surface area contributed by atoms with Crippen molar-refractivity contribution in [3.8, 4) is 0 Å². The maximum Gasteiger partial charge on any atom is 0.272 e. The van der Waals surface area contributed by atoms with Gasteiger partial charge >= 0.3 is 0 Å². The maximum absolute atomic E-state index is 12.2. The second kappa shape index (κ2) is 8.57. The summed E-state index contributed by atoms with van der Waals surface area (Å²) in [5.41, 5.74) is 1.32. The molecule has 0 atom stereocenters. The highest BCUT2D eigenvalue weighted by Crippen LogP contribution is 2.32. The molecule has 1 fully saturated rings. The molecule has 0 N–H and O–H groups in total. The van der Waals surface area contributed by atoms with Gasteiger partial charge in [-0.2, -0.15) is 0 Å². The van der Waals surface area contributed by atoms with E-state index in [2.05, 4.69) is 18.7 Å². The first-order valence-corrected chi connectivity index (χ1v) is 8.57. The highest BCUT2D eigenvalue weighted by atomic mass is 19.1. The van der Waals surface area contributed by atoms with E-state index in [4.69, 9.17) is 0 Å². The van der Waals surface area contributed by atoms with Gasteiger partial charge in [0.25, 0.3) is 11.4 Å². The van der Waals surface area contributed by atoms with Crippen LogP contribution in [0.5, 0.6) is 0 Å². The second-order valence-corrected chi connectivity index (χ2v) is 7.17. The molecule has 0 spiro atoms. The molecule has 0 aliphatic carbocycles. The number of rotatable bonds is 3. The molecule has 1 aliphatic heterocycles. The molecule has 8 heteroatoms. The number of halogens is 1. The monoisotopic (exact) mass is 375 g/mol. The summed E-state index contributed by atoms with van der Waals surface area (Å²) in [4.78, 5) is 22.0. The minimum Gasteiger partial charge on any atom is -0.371 e. The van der Waals surface area contributed by atoms with Gasteiger partial charge in [-0.15, -0.1) is 0 Å². The molecule has 144 valence electrons. The third-order valence-electron chi connectivity index (χ3n) is 4.54. The summed E-state index contributed by atoms with van der Waals surface area (Å²) >= 11 is 0. The Morgan fingerprint density at radius 1 is 0.926 bits per heavy atom.